The van der Waals surface area contributed by atoms with Crippen LogP contribution in [0.5, 0.6) is 0 Å². The maximum Gasteiger partial charge on any atom is 0.227 e. The zero-order chi connectivity index (χ0) is 10.7. The Morgan fingerprint density at radius 1 is 1.43 bits per heavy atom. The molecule has 1 aromatic rings. The Kier molecular flexibility index (Phi) is 4.01. The normalized spacial score (nSPS) is 10.2. The Bertz CT molecular complexity index is 365. The third kappa shape index (κ3) is 3.03. The minimum absolute atomic E-state index is 0.282. The van der Waals surface area contributed by atoms with E-state index >= 15 is 0 Å². The molecular weight excluding hydrogens is 262 g/mol. The van der Waals surface area contributed by atoms with E-state index in [-0.39, 0.29) is 5.91 Å². The first-order valence-electron chi connectivity index (χ1n) is 4.18. The lowest BCUT2D eigenvalue weighted by atomic mass is 10.2. The number of primary amides is 1. The highest BCUT2D eigenvalue weighted by molar-refractivity contribution is 9.10. The molecule has 1 aromatic carbocycles. The monoisotopic (exact) mass is 273 g/mol. The van der Waals surface area contributed by atoms with E-state index < -0.39 is 0 Å². The van der Waals surface area contributed by atoms with Gasteiger partial charge in [-0.25, -0.2) is 0 Å². The van der Waals surface area contributed by atoms with Gasteiger partial charge in [0.1, 0.15) is 0 Å². The molecule has 4 heteroatoms. The largest absolute Gasteiger partial charge is 0.369 e. The summed E-state index contributed by atoms with van der Waals surface area (Å²) in [5.74, 6) is 0.0528. The predicted octanol–water partition coefficient (Wildman–Crippen LogP) is 2.64. The standard InChI is InChI=1S/C10H12BrNOS/c1-6-4-9(14-5-10(12)13)7(2)3-8(6)11/h3-4H,5H2,1-2H3,(H2,12,13). The second-order valence-electron chi connectivity index (χ2n) is 3.12. The Morgan fingerprint density at radius 2 is 2.07 bits per heavy atom. The molecule has 0 aliphatic heterocycles. The predicted molar refractivity (Wildman–Crippen MR) is 63.5 cm³/mol. The van der Waals surface area contributed by atoms with E-state index in [2.05, 4.69) is 28.1 Å². The van der Waals surface area contributed by atoms with Crippen molar-refractivity contribution in [3.63, 3.8) is 0 Å². The van der Waals surface area contributed by atoms with Crippen LogP contribution in [-0.2, 0) is 4.79 Å². The van der Waals surface area contributed by atoms with E-state index in [9.17, 15) is 4.79 Å². The van der Waals surface area contributed by atoms with Crippen LogP contribution in [0.1, 0.15) is 11.1 Å². The van der Waals surface area contributed by atoms with Gasteiger partial charge in [0, 0.05) is 9.37 Å². The number of aryl methyl sites for hydroxylation is 2. The Morgan fingerprint density at radius 3 is 2.64 bits per heavy atom. The quantitative estimate of drug-likeness (QED) is 0.861. The fourth-order valence-corrected chi connectivity index (χ4v) is 2.36. The number of carbonyl (C=O) groups excluding carboxylic acids is 1. The first kappa shape index (κ1) is 11.6. The highest BCUT2D eigenvalue weighted by atomic mass is 79.9. The number of thioether (sulfide) groups is 1. The average molecular weight is 274 g/mol. The van der Waals surface area contributed by atoms with Gasteiger partial charge in [-0.1, -0.05) is 15.9 Å². The molecule has 0 saturated carbocycles. The van der Waals surface area contributed by atoms with Gasteiger partial charge >= 0.3 is 0 Å². The molecule has 0 saturated heterocycles. The van der Waals surface area contributed by atoms with Crippen molar-refractivity contribution in [1.82, 2.24) is 0 Å². The lowest BCUT2D eigenvalue weighted by Gasteiger charge is -2.07. The number of hydrogen-bond acceptors (Lipinski definition) is 2. The molecule has 0 unspecified atom stereocenters. The molecule has 0 aliphatic carbocycles. The van der Waals surface area contributed by atoms with Gasteiger partial charge in [-0.05, 0) is 37.1 Å². The number of rotatable bonds is 3. The lowest BCUT2D eigenvalue weighted by Crippen LogP contribution is -2.13. The molecule has 1 rings (SSSR count). The van der Waals surface area contributed by atoms with Crippen LogP contribution in [0, 0.1) is 13.8 Å². The highest BCUT2D eigenvalue weighted by Crippen LogP contribution is 2.27. The van der Waals surface area contributed by atoms with E-state index in [1.165, 1.54) is 17.3 Å². The van der Waals surface area contributed by atoms with E-state index in [1.54, 1.807) is 0 Å². The van der Waals surface area contributed by atoms with Gasteiger partial charge in [-0.3, -0.25) is 4.79 Å². The molecule has 1 amide bonds. The van der Waals surface area contributed by atoms with Crippen molar-refractivity contribution in [2.24, 2.45) is 5.73 Å². The number of carbonyl (C=O) groups is 1. The smallest absolute Gasteiger partial charge is 0.227 e. The summed E-state index contributed by atoms with van der Waals surface area (Å²) < 4.78 is 1.10. The van der Waals surface area contributed by atoms with Crippen molar-refractivity contribution in [1.29, 1.82) is 0 Å². The zero-order valence-electron chi connectivity index (χ0n) is 8.13. The minimum atomic E-state index is -0.282. The summed E-state index contributed by atoms with van der Waals surface area (Å²) in [7, 11) is 0. The number of amides is 1. The van der Waals surface area contributed by atoms with Gasteiger partial charge in [0.25, 0.3) is 0 Å². The minimum Gasteiger partial charge on any atom is -0.369 e. The van der Waals surface area contributed by atoms with Gasteiger partial charge in [0.15, 0.2) is 0 Å². The van der Waals surface area contributed by atoms with Gasteiger partial charge in [0.05, 0.1) is 5.75 Å². The lowest BCUT2D eigenvalue weighted by molar-refractivity contribution is -0.115. The molecule has 0 radical (unpaired) electrons. The summed E-state index contributed by atoms with van der Waals surface area (Å²) >= 11 is 4.94. The molecule has 0 atom stereocenters. The second kappa shape index (κ2) is 4.84. The van der Waals surface area contributed by atoms with Gasteiger partial charge in [-0.15, -0.1) is 11.8 Å². The SMILES string of the molecule is Cc1cc(SCC(N)=O)c(C)cc1Br. The Labute approximate surface area is 96.4 Å². The summed E-state index contributed by atoms with van der Waals surface area (Å²) in [5, 5.41) is 0. The van der Waals surface area contributed by atoms with Crippen molar-refractivity contribution >= 4 is 33.6 Å². The first-order chi connectivity index (χ1) is 6.50. The van der Waals surface area contributed by atoms with Crippen LogP contribution in [0.2, 0.25) is 0 Å². The summed E-state index contributed by atoms with van der Waals surface area (Å²) in [6.07, 6.45) is 0. The number of nitrogens with two attached hydrogens (primary N) is 1. The van der Waals surface area contributed by atoms with Crippen LogP contribution < -0.4 is 5.73 Å². The molecule has 0 spiro atoms. The van der Waals surface area contributed by atoms with Crippen molar-refractivity contribution in [3.8, 4) is 0 Å². The van der Waals surface area contributed by atoms with E-state index in [4.69, 9.17) is 5.73 Å². The number of benzene rings is 1. The molecule has 0 fully saturated rings. The van der Waals surface area contributed by atoms with Gasteiger partial charge < -0.3 is 5.73 Å². The molecule has 0 heterocycles. The molecule has 0 aliphatic rings. The third-order valence-electron chi connectivity index (χ3n) is 1.83. The summed E-state index contributed by atoms with van der Waals surface area (Å²) in [6.45, 7) is 4.05. The summed E-state index contributed by atoms with van der Waals surface area (Å²) in [5.41, 5.74) is 7.42. The van der Waals surface area contributed by atoms with E-state index in [0.717, 1.165) is 14.9 Å². The van der Waals surface area contributed by atoms with Crippen molar-refractivity contribution < 1.29 is 4.79 Å². The van der Waals surface area contributed by atoms with Crippen LogP contribution in [0.3, 0.4) is 0 Å². The molecular formula is C10H12BrNOS. The fraction of sp³-hybridized carbons (Fsp3) is 0.300. The molecule has 0 aromatic heterocycles. The maximum atomic E-state index is 10.6. The van der Waals surface area contributed by atoms with Crippen LogP contribution >= 0.6 is 27.7 Å². The number of halogens is 1. The molecule has 2 nitrogen and oxygen atoms in total. The fourth-order valence-electron chi connectivity index (χ4n) is 1.06. The van der Waals surface area contributed by atoms with E-state index in [0.29, 0.717) is 5.75 Å². The topological polar surface area (TPSA) is 43.1 Å². The van der Waals surface area contributed by atoms with Gasteiger partial charge in [-0.2, -0.15) is 0 Å². The molecule has 14 heavy (non-hydrogen) atoms. The third-order valence-corrected chi connectivity index (χ3v) is 3.86. The maximum absolute atomic E-state index is 10.6. The molecule has 2 N–H and O–H groups in total. The van der Waals surface area contributed by atoms with Crippen molar-refractivity contribution in [3.05, 3.63) is 27.7 Å². The highest BCUT2D eigenvalue weighted by Gasteiger charge is 2.04. The Hall–Kier alpha value is -0.480. The molecule has 76 valence electrons. The van der Waals surface area contributed by atoms with Crippen molar-refractivity contribution in [2.45, 2.75) is 18.7 Å². The second-order valence-corrected chi connectivity index (χ2v) is 4.99. The summed E-state index contributed by atoms with van der Waals surface area (Å²) in [4.78, 5) is 11.7. The first-order valence-corrected chi connectivity index (χ1v) is 5.96. The van der Waals surface area contributed by atoms with Crippen LogP contribution in [0.15, 0.2) is 21.5 Å². The summed E-state index contributed by atoms with van der Waals surface area (Å²) in [6, 6.07) is 4.12. The van der Waals surface area contributed by atoms with Crippen LogP contribution in [0.4, 0.5) is 0 Å². The van der Waals surface area contributed by atoms with Crippen LogP contribution in [-0.4, -0.2) is 11.7 Å². The Balaban J connectivity index is 2.87. The number of hydrogen-bond donors (Lipinski definition) is 1. The van der Waals surface area contributed by atoms with Gasteiger partial charge in [0.2, 0.25) is 5.91 Å². The molecule has 0 bridgehead atoms. The van der Waals surface area contributed by atoms with Crippen LogP contribution in [0.25, 0.3) is 0 Å². The average Bonchev–Trinajstić information content (AvgIpc) is 2.09. The zero-order valence-corrected chi connectivity index (χ0v) is 10.5. The van der Waals surface area contributed by atoms with E-state index in [1.807, 2.05) is 13.8 Å². The van der Waals surface area contributed by atoms with Crippen molar-refractivity contribution in [2.75, 3.05) is 5.75 Å².